The predicted molar refractivity (Wildman–Crippen MR) is 111 cm³/mol. The van der Waals surface area contributed by atoms with E-state index in [1.54, 1.807) is 36.3 Å². The molecule has 30 heavy (non-hydrogen) atoms. The van der Waals surface area contributed by atoms with E-state index in [4.69, 9.17) is 4.74 Å². The number of nitrogens with one attached hydrogen (secondary N) is 1. The number of phenols is 1. The summed E-state index contributed by atoms with van der Waals surface area (Å²) < 4.78 is 19.9. The number of ether oxygens (including phenoxy) is 1. The van der Waals surface area contributed by atoms with E-state index in [2.05, 4.69) is 10.2 Å². The van der Waals surface area contributed by atoms with Gasteiger partial charge in [-0.3, -0.25) is 9.89 Å². The van der Waals surface area contributed by atoms with Crippen molar-refractivity contribution in [1.82, 2.24) is 15.1 Å². The van der Waals surface area contributed by atoms with Gasteiger partial charge in [-0.2, -0.15) is 5.10 Å². The fourth-order valence-corrected chi connectivity index (χ4v) is 4.02. The van der Waals surface area contributed by atoms with Crippen LogP contribution in [0.3, 0.4) is 0 Å². The fourth-order valence-electron chi connectivity index (χ4n) is 4.02. The van der Waals surface area contributed by atoms with Gasteiger partial charge in [-0.05, 0) is 49.6 Å². The summed E-state index contributed by atoms with van der Waals surface area (Å²) in [5.74, 6) is -0.558. The van der Waals surface area contributed by atoms with Gasteiger partial charge in [0.05, 0.1) is 6.04 Å². The zero-order chi connectivity index (χ0) is 21.4. The third kappa shape index (κ3) is 3.25. The minimum atomic E-state index is -0.639. The van der Waals surface area contributed by atoms with Crippen LogP contribution in [0.2, 0.25) is 0 Å². The zero-order valence-electron chi connectivity index (χ0n) is 17.2. The topological polar surface area (TPSA) is 78.5 Å². The zero-order valence-corrected chi connectivity index (χ0v) is 17.2. The number of hydrogen-bond acceptors (Lipinski definition) is 4. The number of carbonyl (C=O) groups excluding carboxylic acids is 1. The lowest BCUT2D eigenvalue weighted by atomic mass is 9.94. The minimum Gasteiger partial charge on any atom is -0.507 e. The molecule has 1 aliphatic rings. The number of aromatic amines is 1. The highest BCUT2D eigenvalue weighted by atomic mass is 19.1. The summed E-state index contributed by atoms with van der Waals surface area (Å²) in [6.07, 6.45) is 0.620. The molecule has 2 N–H and O–H groups in total. The summed E-state index contributed by atoms with van der Waals surface area (Å²) in [6, 6.07) is 9.33. The van der Waals surface area contributed by atoms with Gasteiger partial charge in [-0.25, -0.2) is 4.39 Å². The molecule has 0 aliphatic carbocycles. The van der Waals surface area contributed by atoms with Crippen LogP contribution in [0, 0.1) is 19.7 Å². The Kier molecular flexibility index (Phi) is 5.30. The van der Waals surface area contributed by atoms with Crippen LogP contribution >= 0.6 is 0 Å². The molecule has 7 heteroatoms. The second-order valence-electron chi connectivity index (χ2n) is 7.58. The summed E-state index contributed by atoms with van der Waals surface area (Å²) in [5.41, 5.74) is 4.22. The molecule has 1 aliphatic heterocycles. The number of methoxy groups -OCH3 is 1. The largest absolute Gasteiger partial charge is 0.507 e. The number of aryl methyl sites for hydroxylation is 2. The number of H-pyrrole nitrogens is 1. The third-order valence-corrected chi connectivity index (χ3v) is 5.68. The van der Waals surface area contributed by atoms with Gasteiger partial charge in [0.2, 0.25) is 0 Å². The summed E-state index contributed by atoms with van der Waals surface area (Å²) >= 11 is 0. The predicted octanol–water partition coefficient (Wildman–Crippen LogP) is 4.12. The molecule has 1 unspecified atom stereocenters. The van der Waals surface area contributed by atoms with Gasteiger partial charge in [-0.1, -0.05) is 18.2 Å². The van der Waals surface area contributed by atoms with E-state index in [9.17, 15) is 14.3 Å². The Labute approximate surface area is 174 Å². The number of nitrogens with zero attached hydrogens (tertiary/aromatic N) is 2. The molecule has 1 aromatic heterocycles. The first kappa shape index (κ1) is 20.1. The standard InChI is InChI=1S/C23H24FN3O3/c1-13-11-16(18(28)12-14(13)2)20-19-21(26-25-20)23(29)27(9-6-10-30-3)22(19)15-7-4-5-8-17(15)24/h4-5,7-8,11-12,22,28H,6,9-10H2,1-3H3,(H,25,26). The van der Waals surface area contributed by atoms with Crippen molar-refractivity contribution in [2.75, 3.05) is 20.3 Å². The molecule has 0 saturated heterocycles. The third-order valence-electron chi connectivity index (χ3n) is 5.68. The highest BCUT2D eigenvalue weighted by Crippen LogP contribution is 2.45. The number of amides is 1. The number of benzene rings is 2. The van der Waals surface area contributed by atoms with Gasteiger partial charge in [0.25, 0.3) is 5.91 Å². The Morgan fingerprint density at radius 1 is 1.23 bits per heavy atom. The van der Waals surface area contributed by atoms with Crippen LogP contribution in [0.1, 0.15) is 45.2 Å². The average Bonchev–Trinajstić information content (AvgIpc) is 3.25. The molecule has 0 spiro atoms. The molecule has 156 valence electrons. The van der Waals surface area contributed by atoms with E-state index in [0.717, 1.165) is 11.1 Å². The number of aromatic nitrogens is 2. The molecule has 6 nitrogen and oxygen atoms in total. The van der Waals surface area contributed by atoms with Gasteiger partial charge in [0, 0.05) is 37.0 Å². The lowest BCUT2D eigenvalue weighted by molar-refractivity contribution is 0.0721. The van der Waals surface area contributed by atoms with Gasteiger partial charge in [0.15, 0.2) is 0 Å². The van der Waals surface area contributed by atoms with Gasteiger partial charge in [0.1, 0.15) is 23.0 Å². The highest BCUT2D eigenvalue weighted by Gasteiger charge is 2.43. The SMILES string of the molecule is COCCCN1C(=O)c2[nH]nc(-c3cc(C)c(C)cc3O)c2C1c1ccccc1F. The molecule has 1 amide bonds. The molecule has 4 rings (SSSR count). The lowest BCUT2D eigenvalue weighted by Crippen LogP contribution is -2.31. The second kappa shape index (κ2) is 7.91. The molecular weight excluding hydrogens is 385 g/mol. The van der Waals surface area contributed by atoms with E-state index in [1.807, 2.05) is 19.9 Å². The Hall–Kier alpha value is -3.19. The molecule has 0 bridgehead atoms. The van der Waals surface area contributed by atoms with Crippen molar-refractivity contribution >= 4 is 5.91 Å². The van der Waals surface area contributed by atoms with Crippen molar-refractivity contribution < 1.29 is 19.0 Å². The number of aromatic hydroxyl groups is 1. The molecule has 2 heterocycles. The Balaban J connectivity index is 1.88. The maximum Gasteiger partial charge on any atom is 0.273 e. The van der Waals surface area contributed by atoms with E-state index < -0.39 is 11.9 Å². The van der Waals surface area contributed by atoms with Crippen molar-refractivity contribution in [3.8, 4) is 17.0 Å². The average molecular weight is 409 g/mol. The van der Waals surface area contributed by atoms with Crippen molar-refractivity contribution in [3.05, 3.63) is 70.2 Å². The molecule has 3 aromatic rings. The van der Waals surface area contributed by atoms with Crippen LogP contribution in [-0.2, 0) is 4.74 Å². The first-order valence-corrected chi connectivity index (χ1v) is 9.87. The van der Waals surface area contributed by atoms with Gasteiger partial charge in [-0.15, -0.1) is 0 Å². The maximum absolute atomic E-state index is 14.8. The van der Waals surface area contributed by atoms with Crippen molar-refractivity contribution in [3.63, 3.8) is 0 Å². The first-order valence-electron chi connectivity index (χ1n) is 9.87. The van der Waals surface area contributed by atoms with Crippen LogP contribution in [0.5, 0.6) is 5.75 Å². The second-order valence-corrected chi connectivity index (χ2v) is 7.58. The van der Waals surface area contributed by atoms with E-state index in [-0.39, 0.29) is 11.7 Å². The number of halogens is 1. The number of rotatable bonds is 6. The van der Waals surface area contributed by atoms with Crippen molar-refractivity contribution in [2.24, 2.45) is 0 Å². The normalized spacial score (nSPS) is 15.7. The number of phenolic OH excluding ortho intramolecular Hbond substituents is 1. The Morgan fingerprint density at radius 2 is 1.97 bits per heavy atom. The van der Waals surface area contributed by atoms with Gasteiger partial charge >= 0.3 is 0 Å². The monoisotopic (exact) mass is 409 g/mol. The van der Waals surface area contributed by atoms with E-state index in [1.165, 1.54) is 6.07 Å². The molecule has 0 fully saturated rings. The summed E-state index contributed by atoms with van der Waals surface area (Å²) in [4.78, 5) is 14.8. The number of hydrogen-bond donors (Lipinski definition) is 2. The quantitative estimate of drug-likeness (QED) is 0.601. The maximum atomic E-state index is 14.8. The van der Waals surface area contributed by atoms with Crippen LogP contribution in [0.15, 0.2) is 36.4 Å². The lowest BCUT2D eigenvalue weighted by Gasteiger charge is -2.26. The summed E-state index contributed by atoms with van der Waals surface area (Å²) in [5, 5.41) is 17.8. The summed E-state index contributed by atoms with van der Waals surface area (Å²) in [6.45, 7) is 4.76. The van der Waals surface area contributed by atoms with E-state index in [0.29, 0.717) is 47.7 Å². The fraction of sp³-hybridized carbons (Fsp3) is 0.304. The van der Waals surface area contributed by atoms with Crippen LogP contribution in [0.4, 0.5) is 4.39 Å². The van der Waals surface area contributed by atoms with Crippen LogP contribution in [0.25, 0.3) is 11.3 Å². The Morgan fingerprint density at radius 3 is 2.70 bits per heavy atom. The first-order chi connectivity index (χ1) is 14.4. The molecule has 2 aromatic carbocycles. The molecule has 1 atom stereocenters. The van der Waals surface area contributed by atoms with E-state index >= 15 is 0 Å². The minimum absolute atomic E-state index is 0.0740. The summed E-state index contributed by atoms with van der Waals surface area (Å²) in [7, 11) is 1.60. The molecular formula is C23H24FN3O3. The highest BCUT2D eigenvalue weighted by molar-refractivity contribution is 6.00. The van der Waals surface area contributed by atoms with Crippen molar-refractivity contribution in [1.29, 1.82) is 0 Å². The molecule has 0 saturated carbocycles. The number of carbonyl (C=O) groups is 1. The van der Waals surface area contributed by atoms with Crippen LogP contribution in [-0.4, -0.2) is 46.4 Å². The van der Waals surface area contributed by atoms with Crippen molar-refractivity contribution in [2.45, 2.75) is 26.3 Å². The molecule has 0 radical (unpaired) electrons. The smallest absolute Gasteiger partial charge is 0.273 e. The van der Waals surface area contributed by atoms with Crippen LogP contribution < -0.4 is 0 Å². The Bertz CT molecular complexity index is 1110. The van der Waals surface area contributed by atoms with Gasteiger partial charge < -0.3 is 14.7 Å². The number of fused-ring (bicyclic) bond motifs is 1.